The summed E-state index contributed by atoms with van der Waals surface area (Å²) in [7, 11) is 0. The highest BCUT2D eigenvalue weighted by Crippen LogP contribution is 2.38. The molecule has 88 valence electrons. The van der Waals surface area contributed by atoms with Crippen molar-refractivity contribution in [1.29, 1.82) is 0 Å². The minimum atomic E-state index is 0.254. The molecule has 0 unspecified atom stereocenters. The number of halogens is 1. The van der Waals surface area contributed by atoms with Gasteiger partial charge in [0.05, 0.1) is 0 Å². The molecule has 0 saturated carbocycles. The molecular weight excluding hydrogens is 262 g/mol. The molecule has 1 N–H and O–H groups in total. The molecule has 5 nitrogen and oxygen atoms in total. The van der Waals surface area contributed by atoms with Crippen LogP contribution in [0.2, 0.25) is 5.02 Å². The second kappa shape index (κ2) is 4.46. The highest BCUT2D eigenvalue weighted by Gasteiger charge is 2.16. The zero-order chi connectivity index (χ0) is 11.7. The standard InChI is InChI=1S/C10H8ClN3O2S/c11-7-2-9-8(15-5-16-9)1-6(7)3-17-10-12-4-13-14-10/h1-2,4H,3,5H2,(H,12,13,14). The topological polar surface area (TPSA) is 60.0 Å². The molecule has 2 aromatic rings. The molecule has 7 heteroatoms. The summed E-state index contributed by atoms with van der Waals surface area (Å²) in [5.41, 5.74) is 0.984. The number of nitrogens with one attached hydrogen (secondary N) is 1. The van der Waals surface area contributed by atoms with Crippen LogP contribution in [-0.4, -0.2) is 22.0 Å². The summed E-state index contributed by atoms with van der Waals surface area (Å²) in [5.74, 6) is 2.14. The molecule has 1 aliphatic heterocycles. The Balaban J connectivity index is 1.79. The van der Waals surface area contributed by atoms with Crippen LogP contribution in [0.5, 0.6) is 11.5 Å². The Morgan fingerprint density at radius 2 is 2.18 bits per heavy atom. The molecule has 0 saturated heterocycles. The SMILES string of the molecule is Clc1cc2c(cc1CSc1ncn[nH]1)OCO2. The van der Waals surface area contributed by atoms with E-state index in [2.05, 4.69) is 15.2 Å². The van der Waals surface area contributed by atoms with Gasteiger partial charge in [0.25, 0.3) is 0 Å². The van der Waals surface area contributed by atoms with E-state index in [4.69, 9.17) is 21.1 Å². The van der Waals surface area contributed by atoms with Gasteiger partial charge in [0.1, 0.15) is 6.33 Å². The number of nitrogens with zero attached hydrogens (tertiary/aromatic N) is 2. The molecule has 0 amide bonds. The van der Waals surface area contributed by atoms with Gasteiger partial charge in [-0.2, -0.15) is 5.10 Å². The molecule has 0 spiro atoms. The molecule has 0 atom stereocenters. The number of aromatic amines is 1. The van der Waals surface area contributed by atoms with Crippen molar-refractivity contribution in [1.82, 2.24) is 15.2 Å². The van der Waals surface area contributed by atoms with Gasteiger partial charge in [-0.05, 0) is 11.6 Å². The predicted octanol–water partition coefficient (Wildman–Crippen LogP) is 2.48. The monoisotopic (exact) mass is 269 g/mol. The maximum atomic E-state index is 6.15. The minimum absolute atomic E-state index is 0.254. The van der Waals surface area contributed by atoms with Gasteiger partial charge in [-0.25, -0.2) is 4.98 Å². The van der Waals surface area contributed by atoms with Gasteiger partial charge >= 0.3 is 0 Å². The van der Waals surface area contributed by atoms with Gasteiger partial charge in [-0.15, -0.1) is 0 Å². The minimum Gasteiger partial charge on any atom is -0.454 e. The summed E-state index contributed by atoms with van der Waals surface area (Å²) < 4.78 is 10.5. The first kappa shape index (κ1) is 10.7. The first-order valence-electron chi connectivity index (χ1n) is 4.89. The smallest absolute Gasteiger partial charge is 0.231 e. The number of fused-ring (bicyclic) bond motifs is 1. The predicted molar refractivity (Wildman–Crippen MR) is 63.5 cm³/mol. The first-order valence-corrected chi connectivity index (χ1v) is 6.25. The third-order valence-electron chi connectivity index (χ3n) is 2.30. The molecule has 0 aliphatic carbocycles. The van der Waals surface area contributed by atoms with Gasteiger partial charge in [0, 0.05) is 16.8 Å². The molecular formula is C10H8ClN3O2S. The Hall–Kier alpha value is -1.40. The molecule has 2 heterocycles. The Bertz CT molecular complexity index is 533. The Labute approximate surface area is 106 Å². The highest BCUT2D eigenvalue weighted by molar-refractivity contribution is 7.98. The van der Waals surface area contributed by atoms with Crippen LogP contribution >= 0.6 is 23.4 Å². The summed E-state index contributed by atoms with van der Waals surface area (Å²) in [5, 5.41) is 7.99. The number of thioether (sulfide) groups is 1. The number of ether oxygens (including phenoxy) is 2. The third kappa shape index (κ3) is 2.18. The maximum Gasteiger partial charge on any atom is 0.231 e. The van der Waals surface area contributed by atoms with E-state index in [-0.39, 0.29) is 6.79 Å². The fraction of sp³-hybridized carbons (Fsp3) is 0.200. The van der Waals surface area contributed by atoms with E-state index in [9.17, 15) is 0 Å². The van der Waals surface area contributed by atoms with Crippen LogP contribution in [0.4, 0.5) is 0 Å². The van der Waals surface area contributed by atoms with E-state index < -0.39 is 0 Å². The lowest BCUT2D eigenvalue weighted by Crippen LogP contribution is -1.92. The number of H-pyrrole nitrogens is 1. The molecule has 0 fully saturated rings. The van der Waals surface area contributed by atoms with Gasteiger partial charge in [0.2, 0.25) is 6.79 Å². The van der Waals surface area contributed by atoms with Crippen LogP contribution in [0.1, 0.15) is 5.56 Å². The summed E-state index contributed by atoms with van der Waals surface area (Å²) in [6.07, 6.45) is 1.48. The van der Waals surface area contributed by atoms with Crippen molar-refractivity contribution in [3.05, 3.63) is 29.0 Å². The summed E-state index contributed by atoms with van der Waals surface area (Å²) in [6.45, 7) is 0.254. The second-order valence-corrected chi connectivity index (χ2v) is 4.75. The van der Waals surface area contributed by atoms with Crippen LogP contribution in [0.15, 0.2) is 23.6 Å². The summed E-state index contributed by atoms with van der Waals surface area (Å²) in [6, 6.07) is 3.67. The Kier molecular flexibility index (Phi) is 2.82. The van der Waals surface area contributed by atoms with Crippen LogP contribution in [0, 0.1) is 0 Å². The van der Waals surface area contributed by atoms with Gasteiger partial charge < -0.3 is 9.47 Å². The molecule has 0 bridgehead atoms. The lowest BCUT2D eigenvalue weighted by atomic mass is 10.2. The number of hydrogen-bond acceptors (Lipinski definition) is 5. The zero-order valence-corrected chi connectivity index (χ0v) is 10.2. The van der Waals surface area contributed by atoms with Crippen molar-refractivity contribution in [2.45, 2.75) is 10.9 Å². The number of hydrogen-bond donors (Lipinski definition) is 1. The van der Waals surface area contributed by atoms with Crippen molar-refractivity contribution in [2.24, 2.45) is 0 Å². The van der Waals surface area contributed by atoms with E-state index in [0.717, 1.165) is 16.5 Å². The average molecular weight is 270 g/mol. The summed E-state index contributed by atoms with van der Waals surface area (Å²) in [4.78, 5) is 4.03. The number of rotatable bonds is 3. The Morgan fingerprint density at radius 1 is 1.35 bits per heavy atom. The van der Waals surface area contributed by atoms with E-state index in [1.54, 1.807) is 6.07 Å². The quantitative estimate of drug-likeness (QED) is 0.868. The van der Waals surface area contributed by atoms with E-state index in [1.807, 2.05) is 6.07 Å². The third-order valence-corrected chi connectivity index (χ3v) is 3.58. The normalized spacial score (nSPS) is 13.0. The first-order chi connectivity index (χ1) is 8.33. The lowest BCUT2D eigenvalue weighted by Gasteiger charge is -2.04. The van der Waals surface area contributed by atoms with Crippen LogP contribution in [-0.2, 0) is 5.75 Å². The Morgan fingerprint density at radius 3 is 2.94 bits per heavy atom. The average Bonchev–Trinajstić information content (AvgIpc) is 2.95. The van der Waals surface area contributed by atoms with E-state index in [0.29, 0.717) is 16.5 Å². The largest absolute Gasteiger partial charge is 0.454 e. The molecule has 1 aliphatic rings. The maximum absolute atomic E-state index is 6.15. The number of aromatic nitrogens is 3. The molecule has 0 radical (unpaired) electrons. The molecule has 3 rings (SSSR count). The lowest BCUT2D eigenvalue weighted by molar-refractivity contribution is 0.174. The van der Waals surface area contributed by atoms with Crippen molar-refractivity contribution < 1.29 is 9.47 Å². The van der Waals surface area contributed by atoms with Crippen molar-refractivity contribution in [3.63, 3.8) is 0 Å². The van der Waals surface area contributed by atoms with Crippen molar-refractivity contribution >= 4 is 23.4 Å². The van der Waals surface area contributed by atoms with Crippen LogP contribution < -0.4 is 9.47 Å². The van der Waals surface area contributed by atoms with Crippen LogP contribution in [0.3, 0.4) is 0 Å². The molecule has 1 aromatic heterocycles. The van der Waals surface area contributed by atoms with Gasteiger partial charge in [-0.3, -0.25) is 5.10 Å². The molecule has 17 heavy (non-hydrogen) atoms. The summed E-state index contributed by atoms with van der Waals surface area (Å²) >= 11 is 7.68. The second-order valence-electron chi connectivity index (χ2n) is 3.38. The fourth-order valence-electron chi connectivity index (χ4n) is 1.48. The van der Waals surface area contributed by atoms with Gasteiger partial charge in [-0.1, -0.05) is 23.4 Å². The molecule has 1 aromatic carbocycles. The highest BCUT2D eigenvalue weighted by atomic mass is 35.5. The zero-order valence-electron chi connectivity index (χ0n) is 8.64. The van der Waals surface area contributed by atoms with E-state index in [1.165, 1.54) is 18.1 Å². The van der Waals surface area contributed by atoms with Gasteiger partial charge in [0.15, 0.2) is 16.7 Å². The van der Waals surface area contributed by atoms with Crippen molar-refractivity contribution in [3.8, 4) is 11.5 Å². The van der Waals surface area contributed by atoms with Crippen molar-refractivity contribution in [2.75, 3.05) is 6.79 Å². The van der Waals surface area contributed by atoms with E-state index >= 15 is 0 Å². The fourth-order valence-corrected chi connectivity index (χ4v) is 2.55. The number of benzene rings is 1. The van der Waals surface area contributed by atoms with Crippen LogP contribution in [0.25, 0.3) is 0 Å².